The number of carboxylic acid groups (broad SMARTS) is 1. The van der Waals surface area contributed by atoms with Crippen LogP contribution in [0.3, 0.4) is 0 Å². The van der Waals surface area contributed by atoms with E-state index in [1.165, 1.54) is 18.3 Å². The Hall–Kier alpha value is -2.15. The Labute approximate surface area is 123 Å². The molecule has 0 aliphatic carbocycles. The normalized spacial score (nSPS) is 12.0. The van der Waals surface area contributed by atoms with Crippen LogP contribution in [0.25, 0.3) is 0 Å². The Morgan fingerprint density at radius 1 is 1.38 bits per heavy atom. The molecule has 0 aliphatic rings. The molecule has 7 heteroatoms. The minimum absolute atomic E-state index is 0.0719. The number of ether oxygens (including phenoxy) is 1. The summed E-state index contributed by atoms with van der Waals surface area (Å²) in [6.45, 7) is 6.92. The van der Waals surface area contributed by atoms with E-state index in [-0.39, 0.29) is 23.7 Å². The van der Waals surface area contributed by atoms with Crippen molar-refractivity contribution in [3.63, 3.8) is 0 Å². The Kier molecular flexibility index (Phi) is 6.61. The lowest BCUT2D eigenvalue weighted by atomic mass is 10.1. The maximum atomic E-state index is 11.9. The van der Waals surface area contributed by atoms with Crippen molar-refractivity contribution < 1.29 is 19.4 Å². The molecule has 0 radical (unpaired) electrons. The second-order valence-electron chi connectivity index (χ2n) is 4.85. The minimum Gasteiger partial charge on any atom is -0.477 e. The van der Waals surface area contributed by atoms with Gasteiger partial charge in [-0.25, -0.2) is 14.6 Å². The number of urea groups is 1. The van der Waals surface area contributed by atoms with Crippen LogP contribution >= 0.6 is 0 Å². The maximum absolute atomic E-state index is 11.9. The molecule has 3 N–H and O–H groups in total. The molecule has 21 heavy (non-hydrogen) atoms. The summed E-state index contributed by atoms with van der Waals surface area (Å²) < 4.78 is 5.33. The first kappa shape index (κ1) is 16.9. The Balaban J connectivity index is 2.57. The second kappa shape index (κ2) is 8.21. The number of pyridine rings is 1. The van der Waals surface area contributed by atoms with Crippen molar-refractivity contribution in [2.24, 2.45) is 5.92 Å². The van der Waals surface area contributed by atoms with Crippen molar-refractivity contribution in [1.29, 1.82) is 0 Å². The number of rotatable bonds is 7. The number of nitrogens with one attached hydrogen (secondary N) is 2. The van der Waals surface area contributed by atoms with E-state index >= 15 is 0 Å². The van der Waals surface area contributed by atoms with Gasteiger partial charge in [0, 0.05) is 6.61 Å². The lowest BCUT2D eigenvalue weighted by Gasteiger charge is -2.22. The van der Waals surface area contributed by atoms with Crippen molar-refractivity contribution in [3.8, 4) is 0 Å². The standard InChI is InChI=1S/C14H21N3O4/c1-4-21-8-12(9(2)3)17-14(20)16-10-5-6-11(13(18)19)15-7-10/h5-7,9,12H,4,8H2,1-3H3,(H,18,19)(H2,16,17,20). The molecule has 0 aliphatic heterocycles. The molecule has 7 nitrogen and oxygen atoms in total. The first-order valence-electron chi connectivity index (χ1n) is 6.78. The van der Waals surface area contributed by atoms with E-state index in [2.05, 4.69) is 15.6 Å². The lowest BCUT2D eigenvalue weighted by molar-refractivity contribution is 0.0690. The third-order valence-electron chi connectivity index (χ3n) is 2.86. The number of carboxylic acids is 1. The van der Waals surface area contributed by atoms with E-state index in [0.29, 0.717) is 18.9 Å². The number of carbonyl (C=O) groups is 2. The van der Waals surface area contributed by atoms with Crippen LogP contribution in [0.5, 0.6) is 0 Å². The zero-order chi connectivity index (χ0) is 15.8. The number of aromatic nitrogens is 1. The highest BCUT2D eigenvalue weighted by molar-refractivity contribution is 5.90. The van der Waals surface area contributed by atoms with Crippen LogP contribution in [0.1, 0.15) is 31.3 Å². The van der Waals surface area contributed by atoms with Crippen molar-refractivity contribution >= 4 is 17.7 Å². The van der Waals surface area contributed by atoms with Crippen LogP contribution in [0.15, 0.2) is 18.3 Å². The molecule has 1 atom stereocenters. The number of amides is 2. The van der Waals surface area contributed by atoms with Gasteiger partial charge in [-0.05, 0) is 25.0 Å². The highest BCUT2D eigenvalue weighted by Crippen LogP contribution is 2.07. The smallest absolute Gasteiger partial charge is 0.354 e. The summed E-state index contributed by atoms with van der Waals surface area (Å²) in [6, 6.07) is 2.34. The van der Waals surface area contributed by atoms with Gasteiger partial charge in [0.2, 0.25) is 0 Å². The maximum Gasteiger partial charge on any atom is 0.354 e. The predicted molar refractivity (Wildman–Crippen MR) is 78.5 cm³/mol. The monoisotopic (exact) mass is 295 g/mol. The van der Waals surface area contributed by atoms with Crippen LogP contribution < -0.4 is 10.6 Å². The lowest BCUT2D eigenvalue weighted by Crippen LogP contribution is -2.44. The molecule has 0 saturated heterocycles. The third-order valence-corrected chi connectivity index (χ3v) is 2.86. The van der Waals surface area contributed by atoms with Gasteiger partial charge in [0.15, 0.2) is 0 Å². The highest BCUT2D eigenvalue weighted by Gasteiger charge is 2.16. The molecule has 1 rings (SSSR count). The largest absolute Gasteiger partial charge is 0.477 e. The SMILES string of the molecule is CCOCC(NC(=O)Nc1ccc(C(=O)O)nc1)C(C)C. The van der Waals surface area contributed by atoms with Gasteiger partial charge >= 0.3 is 12.0 Å². The summed E-state index contributed by atoms with van der Waals surface area (Å²) in [7, 11) is 0. The molecule has 0 bridgehead atoms. The molecule has 1 aromatic rings. The van der Waals surface area contributed by atoms with Crippen molar-refractivity contribution in [2.45, 2.75) is 26.8 Å². The van der Waals surface area contributed by atoms with Gasteiger partial charge in [0.05, 0.1) is 24.5 Å². The molecule has 2 amide bonds. The molecule has 1 unspecified atom stereocenters. The fraction of sp³-hybridized carbons (Fsp3) is 0.500. The van der Waals surface area contributed by atoms with E-state index in [4.69, 9.17) is 9.84 Å². The van der Waals surface area contributed by atoms with E-state index < -0.39 is 5.97 Å². The number of nitrogens with zero attached hydrogens (tertiary/aromatic N) is 1. The van der Waals surface area contributed by atoms with Gasteiger partial charge in [-0.1, -0.05) is 13.8 Å². The summed E-state index contributed by atoms with van der Waals surface area (Å²) in [5.74, 6) is -0.877. The fourth-order valence-electron chi connectivity index (χ4n) is 1.58. The molecular formula is C14H21N3O4. The first-order valence-corrected chi connectivity index (χ1v) is 6.78. The van der Waals surface area contributed by atoms with Gasteiger partial charge < -0.3 is 20.5 Å². The van der Waals surface area contributed by atoms with Crippen LogP contribution in [-0.4, -0.2) is 41.3 Å². The van der Waals surface area contributed by atoms with Gasteiger partial charge in [-0.3, -0.25) is 0 Å². The van der Waals surface area contributed by atoms with E-state index in [1.807, 2.05) is 20.8 Å². The number of hydrogen-bond donors (Lipinski definition) is 3. The molecule has 116 valence electrons. The summed E-state index contributed by atoms with van der Waals surface area (Å²) in [4.78, 5) is 26.3. The molecule has 0 spiro atoms. The molecule has 0 fully saturated rings. The molecular weight excluding hydrogens is 274 g/mol. The fourth-order valence-corrected chi connectivity index (χ4v) is 1.58. The predicted octanol–water partition coefficient (Wildman–Crippen LogP) is 1.96. The van der Waals surface area contributed by atoms with Crippen LogP contribution in [0.2, 0.25) is 0 Å². The van der Waals surface area contributed by atoms with Crippen molar-refractivity contribution in [1.82, 2.24) is 10.3 Å². The van der Waals surface area contributed by atoms with E-state index in [1.54, 1.807) is 0 Å². The Morgan fingerprint density at radius 3 is 2.57 bits per heavy atom. The zero-order valence-electron chi connectivity index (χ0n) is 12.4. The molecule has 0 saturated carbocycles. The van der Waals surface area contributed by atoms with Crippen molar-refractivity contribution in [2.75, 3.05) is 18.5 Å². The number of carbonyl (C=O) groups excluding carboxylic acids is 1. The van der Waals surface area contributed by atoms with E-state index in [0.717, 1.165) is 0 Å². The van der Waals surface area contributed by atoms with Crippen LogP contribution in [-0.2, 0) is 4.74 Å². The minimum atomic E-state index is -1.11. The van der Waals surface area contributed by atoms with Gasteiger partial charge in [-0.15, -0.1) is 0 Å². The molecule has 1 heterocycles. The average Bonchev–Trinajstić information content (AvgIpc) is 2.43. The van der Waals surface area contributed by atoms with E-state index in [9.17, 15) is 9.59 Å². The molecule has 1 aromatic heterocycles. The number of hydrogen-bond acceptors (Lipinski definition) is 4. The van der Waals surface area contributed by atoms with Crippen LogP contribution in [0.4, 0.5) is 10.5 Å². The quantitative estimate of drug-likeness (QED) is 0.714. The summed E-state index contributed by atoms with van der Waals surface area (Å²) in [5, 5.41) is 14.2. The third kappa shape index (κ3) is 5.78. The summed E-state index contributed by atoms with van der Waals surface area (Å²) >= 11 is 0. The van der Waals surface area contributed by atoms with Gasteiger partial charge in [-0.2, -0.15) is 0 Å². The number of anilines is 1. The first-order chi connectivity index (χ1) is 9.93. The van der Waals surface area contributed by atoms with Crippen LogP contribution in [0, 0.1) is 5.92 Å². The second-order valence-corrected chi connectivity index (χ2v) is 4.85. The molecule has 0 aromatic carbocycles. The van der Waals surface area contributed by atoms with Gasteiger partial charge in [0.1, 0.15) is 5.69 Å². The van der Waals surface area contributed by atoms with Crippen molar-refractivity contribution in [3.05, 3.63) is 24.0 Å². The topological polar surface area (TPSA) is 101 Å². The summed E-state index contributed by atoms with van der Waals surface area (Å²) in [6.07, 6.45) is 1.30. The Morgan fingerprint density at radius 2 is 2.10 bits per heavy atom. The van der Waals surface area contributed by atoms with Gasteiger partial charge in [0.25, 0.3) is 0 Å². The average molecular weight is 295 g/mol. The highest BCUT2D eigenvalue weighted by atomic mass is 16.5. The Bertz CT molecular complexity index is 474. The number of aromatic carboxylic acids is 1. The summed E-state index contributed by atoms with van der Waals surface area (Å²) in [5.41, 5.74) is 0.355. The zero-order valence-corrected chi connectivity index (χ0v) is 12.4.